The SMILES string of the molecule is Cc1cc(/C(O)=C(\C#N)c2ccc(C(C)(C)C)cc2)n(C)n1. The van der Waals surface area contributed by atoms with Gasteiger partial charge in [0.25, 0.3) is 0 Å². The molecule has 1 aromatic carbocycles. The molecule has 2 aromatic rings. The second-order valence-electron chi connectivity index (χ2n) is 6.46. The molecule has 1 N–H and O–H groups in total. The van der Waals surface area contributed by atoms with E-state index in [-0.39, 0.29) is 16.7 Å². The Bertz CT molecular complexity index is 753. The van der Waals surface area contributed by atoms with Gasteiger partial charge in [-0.3, -0.25) is 4.68 Å². The quantitative estimate of drug-likeness (QED) is 0.673. The van der Waals surface area contributed by atoms with Crippen molar-refractivity contribution in [3.8, 4) is 6.07 Å². The van der Waals surface area contributed by atoms with Gasteiger partial charge in [0, 0.05) is 7.05 Å². The van der Waals surface area contributed by atoms with Crippen molar-refractivity contribution in [1.29, 1.82) is 5.26 Å². The first kappa shape index (κ1) is 15.8. The van der Waals surface area contributed by atoms with Crippen molar-refractivity contribution >= 4 is 11.3 Å². The van der Waals surface area contributed by atoms with Crippen LogP contribution >= 0.6 is 0 Å². The number of nitrogens with zero attached hydrogens (tertiary/aromatic N) is 3. The number of hydrogen-bond donors (Lipinski definition) is 1. The van der Waals surface area contributed by atoms with Gasteiger partial charge in [-0.25, -0.2) is 0 Å². The Morgan fingerprint density at radius 3 is 2.23 bits per heavy atom. The summed E-state index contributed by atoms with van der Waals surface area (Å²) in [4.78, 5) is 0. The maximum absolute atomic E-state index is 10.5. The fourth-order valence-electron chi connectivity index (χ4n) is 2.35. The first-order valence-corrected chi connectivity index (χ1v) is 7.19. The summed E-state index contributed by atoms with van der Waals surface area (Å²) in [5, 5.41) is 24.1. The summed E-state index contributed by atoms with van der Waals surface area (Å²) < 4.78 is 1.57. The third-order valence-electron chi connectivity index (χ3n) is 3.63. The highest BCUT2D eigenvalue weighted by Crippen LogP contribution is 2.27. The molecule has 0 bridgehead atoms. The van der Waals surface area contributed by atoms with Crippen molar-refractivity contribution in [1.82, 2.24) is 9.78 Å². The zero-order chi connectivity index (χ0) is 16.5. The molecular formula is C18H21N3O. The standard InChI is InChI=1S/C18H21N3O/c1-12-10-16(21(5)20-12)17(22)15(11-19)13-6-8-14(9-7-13)18(2,3)4/h6-10,22H,1-5H3/b17-15-. The first-order chi connectivity index (χ1) is 10.2. The number of hydrogen-bond acceptors (Lipinski definition) is 3. The summed E-state index contributed by atoms with van der Waals surface area (Å²) in [7, 11) is 1.75. The first-order valence-electron chi connectivity index (χ1n) is 7.19. The van der Waals surface area contributed by atoms with Crippen LogP contribution in [0.2, 0.25) is 0 Å². The molecule has 0 aliphatic rings. The fraction of sp³-hybridized carbons (Fsp3) is 0.333. The van der Waals surface area contributed by atoms with Crippen LogP contribution in [-0.4, -0.2) is 14.9 Å². The lowest BCUT2D eigenvalue weighted by atomic mass is 9.86. The van der Waals surface area contributed by atoms with E-state index >= 15 is 0 Å². The molecule has 22 heavy (non-hydrogen) atoms. The minimum Gasteiger partial charge on any atom is -0.504 e. The van der Waals surface area contributed by atoms with Crippen molar-refractivity contribution in [3.05, 3.63) is 52.8 Å². The minimum absolute atomic E-state index is 0.0471. The Hall–Kier alpha value is -2.54. The van der Waals surface area contributed by atoms with Crippen LogP contribution in [0.3, 0.4) is 0 Å². The number of rotatable bonds is 2. The summed E-state index contributed by atoms with van der Waals surface area (Å²) >= 11 is 0. The van der Waals surface area contributed by atoms with Gasteiger partial charge >= 0.3 is 0 Å². The summed E-state index contributed by atoms with van der Waals surface area (Å²) in [5.74, 6) is -0.0471. The minimum atomic E-state index is -0.0471. The van der Waals surface area contributed by atoms with E-state index in [4.69, 9.17) is 0 Å². The molecule has 0 radical (unpaired) electrons. The predicted octanol–water partition coefficient (Wildman–Crippen LogP) is 3.98. The van der Waals surface area contributed by atoms with Crippen molar-refractivity contribution in [3.63, 3.8) is 0 Å². The molecule has 0 aliphatic heterocycles. The number of benzene rings is 1. The normalized spacial score (nSPS) is 12.7. The molecule has 1 aromatic heterocycles. The van der Waals surface area contributed by atoms with E-state index in [1.54, 1.807) is 17.8 Å². The lowest BCUT2D eigenvalue weighted by molar-refractivity contribution is 0.503. The monoisotopic (exact) mass is 295 g/mol. The summed E-state index contributed by atoms with van der Waals surface area (Å²) in [6, 6.07) is 11.6. The maximum atomic E-state index is 10.5. The van der Waals surface area contributed by atoms with Crippen LogP contribution in [0.25, 0.3) is 11.3 Å². The number of nitriles is 1. The molecule has 114 valence electrons. The molecule has 4 heteroatoms. The third kappa shape index (κ3) is 3.04. The average molecular weight is 295 g/mol. The Morgan fingerprint density at radius 2 is 1.82 bits per heavy atom. The average Bonchev–Trinajstić information content (AvgIpc) is 2.78. The van der Waals surface area contributed by atoms with Gasteiger partial charge in [0.15, 0.2) is 5.76 Å². The van der Waals surface area contributed by atoms with Gasteiger partial charge < -0.3 is 5.11 Å². The second kappa shape index (κ2) is 5.69. The molecule has 2 rings (SSSR count). The van der Waals surface area contributed by atoms with Gasteiger partial charge in [0.1, 0.15) is 17.3 Å². The highest BCUT2D eigenvalue weighted by molar-refractivity contribution is 5.93. The molecule has 0 saturated heterocycles. The summed E-state index contributed by atoms with van der Waals surface area (Å²) in [6.07, 6.45) is 0. The molecule has 0 aliphatic carbocycles. The summed E-state index contributed by atoms with van der Waals surface area (Å²) in [6.45, 7) is 8.26. The van der Waals surface area contributed by atoms with Crippen LogP contribution < -0.4 is 0 Å². The third-order valence-corrected chi connectivity index (χ3v) is 3.63. The van der Waals surface area contributed by atoms with E-state index in [0.717, 1.165) is 5.69 Å². The van der Waals surface area contributed by atoms with E-state index in [1.165, 1.54) is 5.56 Å². The highest BCUT2D eigenvalue weighted by atomic mass is 16.3. The largest absolute Gasteiger partial charge is 0.504 e. The molecule has 0 unspecified atom stereocenters. The zero-order valence-electron chi connectivity index (χ0n) is 13.7. The topological polar surface area (TPSA) is 61.8 Å². The smallest absolute Gasteiger partial charge is 0.159 e. The zero-order valence-corrected chi connectivity index (χ0v) is 13.7. The molecule has 0 fully saturated rings. The molecule has 1 heterocycles. The maximum Gasteiger partial charge on any atom is 0.159 e. The summed E-state index contributed by atoms with van der Waals surface area (Å²) in [5.41, 5.74) is 3.52. The molecular weight excluding hydrogens is 274 g/mol. The van der Waals surface area contributed by atoms with Crippen LogP contribution in [0, 0.1) is 18.3 Å². The van der Waals surface area contributed by atoms with Crippen LogP contribution in [0.5, 0.6) is 0 Å². The van der Waals surface area contributed by atoms with Gasteiger partial charge in [-0.15, -0.1) is 0 Å². The Balaban J connectivity index is 2.50. The van der Waals surface area contributed by atoms with Crippen molar-refractivity contribution in [2.24, 2.45) is 7.05 Å². The highest BCUT2D eigenvalue weighted by Gasteiger charge is 2.17. The van der Waals surface area contributed by atoms with Gasteiger partial charge in [-0.05, 0) is 29.5 Å². The Labute approximate surface area is 131 Å². The number of aliphatic hydroxyl groups excluding tert-OH is 1. The van der Waals surface area contributed by atoms with Crippen molar-refractivity contribution < 1.29 is 5.11 Å². The van der Waals surface area contributed by atoms with E-state index in [1.807, 2.05) is 31.2 Å². The predicted molar refractivity (Wildman–Crippen MR) is 88.1 cm³/mol. The lowest BCUT2D eigenvalue weighted by Gasteiger charge is -2.19. The van der Waals surface area contributed by atoms with Gasteiger partial charge in [-0.1, -0.05) is 45.0 Å². The molecule has 0 amide bonds. The van der Waals surface area contributed by atoms with Crippen molar-refractivity contribution in [2.75, 3.05) is 0 Å². The number of aryl methyl sites for hydroxylation is 2. The van der Waals surface area contributed by atoms with Crippen molar-refractivity contribution in [2.45, 2.75) is 33.1 Å². The Morgan fingerprint density at radius 1 is 1.23 bits per heavy atom. The molecule has 0 spiro atoms. The molecule has 4 nitrogen and oxygen atoms in total. The van der Waals surface area contributed by atoms with E-state index in [9.17, 15) is 10.4 Å². The number of aromatic nitrogens is 2. The van der Waals surface area contributed by atoms with E-state index in [0.29, 0.717) is 11.3 Å². The lowest BCUT2D eigenvalue weighted by Crippen LogP contribution is -2.10. The number of aliphatic hydroxyl groups is 1. The van der Waals surface area contributed by atoms with Gasteiger partial charge in [0.05, 0.1) is 5.69 Å². The van der Waals surface area contributed by atoms with Crippen LogP contribution in [0.4, 0.5) is 0 Å². The molecule has 0 atom stereocenters. The van der Waals surface area contributed by atoms with Crippen LogP contribution in [-0.2, 0) is 12.5 Å². The second-order valence-corrected chi connectivity index (χ2v) is 6.46. The van der Waals surface area contributed by atoms with Crippen LogP contribution in [0.1, 0.15) is 43.3 Å². The van der Waals surface area contributed by atoms with E-state index < -0.39 is 0 Å². The Kier molecular flexibility index (Phi) is 4.09. The van der Waals surface area contributed by atoms with Gasteiger partial charge in [-0.2, -0.15) is 10.4 Å². The fourth-order valence-corrected chi connectivity index (χ4v) is 2.35. The van der Waals surface area contributed by atoms with Gasteiger partial charge in [0.2, 0.25) is 0 Å². The number of allylic oxidation sites excluding steroid dienone is 1. The van der Waals surface area contributed by atoms with E-state index in [2.05, 4.69) is 31.9 Å². The van der Waals surface area contributed by atoms with Crippen LogP contribution in [0.15, 0.2) is 30.3 Å². The molecule has 0 saturated carbocycles.